The second kappa shape index (κ2) is 10.4. The molecule has 35 heavy (non-hydrogen) atoms. The Kier molecular flexibility index (Phi) is 6.95. The van der Waals surface area contributed by atoms with Gasteiger partial charge >= 0.3 is 5.97 Å². The average molecular weight is 473 g/mol. The van der Waals surface area contributed by atoms with Gasteiger partial charge in [-0.25, -0.2) is 4.79 Å². The number of benzene rings is 2. The molecular formula is C28H32N4O3. The standard InChI is InChI=1S/C28H32N4O3/c1-2-13-30-14-12-25-23(19-30)27(22-10-6-7-11-24(22)29-25)28(34)35-20-26(33)32-17-15-31(16-18-32)21-8-4-3-5-9-21/h3-11H,2,12-20H2,1H3. The Labute approximate surface area is 206 Å². The van der Waals surface area contributed by atoms with Gasteiger partial charge in [-0.05, 0) is 31.2 Å². The number of carbonyl (C=O) groups is 2. The molecule has 1 saturated heterocycles. The Balaban J connectivity index is 1.28. The van der Waals surface area contributed by atoms with E-state index in [1.54, 1.807) is 4.90 Å². The monoisotopic (exact) mass is 472 g/mol. The predicted molar refractivity (Wildman–Crippen MR) is 137 cm³/mol. The van der Waals surface area contributed by atoms with E-state index in [0.717, 1.165) is 66.9 Å². The molecule has 1 amide bonds. The molecule has 182 valence electrons. The number of hydrogen-bond acceptors (Lipinski definition) is 6. The molecule has 2 aliphatic heterocycles. The Hall–Kier alpha value is -3.45. The number of amides is 1. The number of piperazine rings is 1. The van der Waals surface area contributed by atoms with Crippen molar-refractivity contribution in [3.05, 3.63) is 71.4 Å². The van der Waals surface area contributed by atoms with Crippen molar-refractivity contribution in [1.29, 1.82) is 0 Å². The molecule has 3 aromatic rings. The molecule has 0 bridgehead atoms. The molecule has 0 aliphatic carbocycles. The summed E-state index contributed by atoms with van der Waals surface area (Å²) in [6, 6.07) is 17.9. The van der Waals surface area contributed by atoms with Gasteiger partial charge in [-0.15, -0.1) is 0 Å². The summed E-state index contributed by atoms with van der Waals surface area (Å²) in [7, 11) is 0. The van der Waals surface area contributed by atoms with Gasteiger partial charge in [-0.2, -0.15) is 0 Å². The van der Waals surface area contributed by atoms with Gasteiger partial charge < -0.3 is 14.5 Å². The van der Waals surface area contributed by atoms with E-state index in [-0.39, 0.29) is 12.5 Å². The zero-order valence-electron chi connectivity index (χ0n) is 20.3. The number of hydrogen-bond donors (Lipinski definition) is 0. The summed E-state index contributed by atoms with van der Waals surface area (Å²) >= 11 is 0. The first-order valence-corrected chi connectivity index (χ1v) is 12.5. The maximum Gasteiger partial charge on any atom is 0.339 e. The summed E-state index contributed by atoms with van der Waals surface area (Å²) in [5.41, 5.74) is 4.43. The van der Waals surface area contributed by atoms with Crippen LogP contribution in [0.1, 0.15) is 35.0 Å². The summed E-state index contributed by atoms with van der Waals surface area (Å²) in [5, 5.41) is 0.790. The van der Waals surface area contributed by atoms with Crippen molar-refractivity contribution in [2.24, 2.45) is 0 Å². The summed E-state index contributed by atoms with van der Waals surface area (Å²) in [6.45, 7) is 7.28. The minimum atomic E-state index is -0.436. The van der Waals surface area contributed by atoms with Gasteiger partial charge in [-0.1, -0.05) is 43.3 Å². The molecule has 3 heterocycles. The number of carbonyl (C=O) groups excluding carboxylic acids is 2. The normalized spacial score (nSPS) is 16.3. The summed E-state index contributed by atoms with van der Waals surface area (Å²) in [5.74, 6) is -0.583. The number of fused-ring (bicyclic) bond motifs is 2. The van der Waals surface area contributed by atoms with Crippen molar-refractivity contribution in [3.8, 4) is 0 Å². The Bertz CT molecular complexity index is 1210. The molecular weight excluding hydrogens is 440 g/mol. The van der Waals surface area contributed by atoms with E-state index in [1.165, 1.54) is 0 Å². The molecule has 5 rings (SSSR count). The third-order valence-electron chi connectivity index (χ3n) is 6.95. The molecule has 0 N–H and O–H groups in total. The number of aromatic nitrogens is 1. The SMILES string of the molecule is CCCN1CCc2nc3ccccc3c(C(=O)OCC(=O)N3CCN(c4ccccc4)CC3)c2C1. The lowest BCUT2D eigenvalue weighted by Crippen LogP contribution is -2.49. The van der Waals surface area contributed by atoms with Crippen LogP contribution in [0.15, 0.2) is 54.6 Å². The van der Waals surface area contributed by atoms with Gasteiger partial charge in [0, 0.05) is 68.0 Å². The Morgan fingerprint density at radius 1 is 0.943 bits per heavy atom. The average Bonchev–Trinajstić information content (AvgIpc) is 2.91. The molecule has 7 heteroatoms. The van der Waals surface area contributed by atoms with Crippen LogP contribution >= 0.6 is 0 Å². The molecule has 2 aliphatic rings. The first-order chi connectivity index (χ1) is 17.1. The van der Waals surface area contributed by atoms with E-state index < -0.39 is 5.97 Å². The fourth-order valence-corrected chi connectivity index (χ4v) is 5.13. The van der Waals surface area contributed by atoms with E-state index in [2.05, 4.69) is 28.9 Å². The Morgan fingerprint density at radius 2 is 1.69 bits per heavy atom. The van der Waals surface area contributed by atoms with Crippen LogP contribution in [0.2, 0.25) is 0 Å². The second-order valence-electron chi connectivity index (χ2n) is 9.23. The number of esters is 1. The van der Waals surface area contributed by atoms with Crippen LogP contribution in [0.5, 0.6) is 0 Å². The van der Waals surface area contributed by atoms with Crippen LogP contribution in [0.4, 0.5) is 5.69 Å². The third-order valence-corrected chi connectivity index (χ3v) is 6.95. The van der Waals surface area contributed by atoms with E-state index in [9.17, 15) is 9.59 Å². The van der Waals surface area contributed by atoms with Crippen molar-refractivity contribution in [1.82, 2.24) is 14.8 Å². The van der Waals surface area contributed by atoms with Crippen LogP contribution < -0.4 is 4.90 Å². The predicted octanol–water partition coefficient (Wildman–Crippen LogP) is 3.51. The van der Waals surface area contributed by atoms with Gasteiger partial charge in [-0.3, -0.25) is 14.7 Å². The Morgan fingerprint density at radius 3 is 2.46 bits per heavy atom. The number of rotatable bonds is 6. The van der Waals surface area contributed by atoms with Gasteiger partial charge in [0.2, 0.25) is 0 Å². The van der Waals surface area contributed by atoms with Crippen LogP contribution in [0.3, 0.4) is 0 Å². The van der Waals surface area contributed by atoms with Gasteiger partial charge in [0.25, 0.3) is 5.91 Å². The highest BCUT2D eigenvalue weighted by Gasteiger charge is 2.28. The number of anilines is 1. The maximum atomic E-state index is 13.4. The third kappa shape index (κ3) is 5.00. The minimum Gasteiger partial charge on any atom is -0.452 e. The quantitative estimate of drug-likeness (QED) is 0.512. The highest BCUT2D eigenvalue weighted by molar-refractivity contribution is 6.05. The number of para-hydroxylation sites is 2. The first-order valence-electron chi connectivity index (χ1n) is 12.5. The highest BCUT2D eigenvalue weighted by Crippen LogP contribution is 2.29. The molecule has 0 saturated carbocycles. The molecule has 1 fully saturated rings. The molecule has 0 atom stereocenters. The van der Waals surface area contributed by atoms with E-state index >= 15 is 0 Å². The number of ether oxygens (including phenoxy) is 1. The van der Waals surface area contributed by atoms with Crippen molar-refractivity contribution < 1.29 is 14.3 Å². The lowest BCUT2D eigenvalue weighted by molar-refractivity contribution is -0.134. The molecule has 2 aromatic carbocycles. The minimum absolute atomic E-state index is 0.147. The summed E-state index contributed by atoms with van der Waals surface area (Å²) in [6.07, 6.45) is 1.87. The lowest BCUT2D eigenvalue weighted by Gasteiger charge is -2.36. The molecule has 0 radical (unpaired) electrons. The topological polar surface area (TPSA) is 66.0 Å². The molecule has 7 nitrogen and oxygen atoms in total. The summed E-state index contributed by atoms with van der Waals surface area (Å²) < 4.78 is 5.63. The lowest BCUT2D eigenvalue weighted by atomic mass is 9.95. The van der Waals surface area contributed by atoms with Gasteiger partial charge in [0.1, 0.15) is 0 Å². The van der Waals surface area contributed by atoms with E-state index in [0.29, 0.717) is 25.2 Å². The van der Waals surface area contributed by atoms with Crippen molar-refractivity contribution in [3.63, 3.8) is 0 Å². The smallest absolute Gasteiger partial charge is 0.339 e. The van der Waals surface area contributed by atoms with Gasteiger partial charge in [0.15, 0.2) is 6.61 Å². The van der Waals surface area contributed by atoms with Crippen LogP contribution in [0.25, 0.3) is 10.9 Å². The van der Waals surface area contributed by atoms with Crippen molar-refractivity contribution in [2.75, 3.05) is 50.8 Å². The summed E-state index contributed by atoms with van der Waals surface area (Å²) in [4.78, 5) is 37.5. The fraction of sp³-hybridized carbons (Fsp3) is 0.393. The number of nitrogens with zero attached hydrogens (tertiary/aromatic N) is 4. The number of pyridine rings is 1. The van der Waals surface area contributed by atoms with E-state index in [4.69, 9.17) is 9.72 Å². The van der Waals surface area contributed by atoms with Crippen molar-refractivity contribution in [2.45, 2.75) is 26.3 Å². The highest BCUT2D eigenvalue weighted by atomic mass is 16.5. The maximum absolute atomic E-state index is 13.4. The zero-order valence-corrected chi connectivity index (χ0v) is 20.3. The fourth-order valence-electron chi connectivity index (χ4n) is 5.13. The van der Waals surface area contributed by atoms with Gasteiger partial charge in [0.05, 0.1) is 11.1 Å². The molecule has 0 unspecified atom stereocenters. The largest absolute Gasteiger partial charge is 0.452 e. The zero-order chi connectivity index (χ0) is 24.2. The van der Waals surface area contributed by atoms with E-state index in [1.807, 2.05) is 42.5 Å². The van der Waals surface area contributed by atoms with Crippen LogP contribution in [-0.4, -0.2) is 72.5 Å². The second-order valence-corrected chi connectivity index (χ2v) is 9.23. The first kappa shape index (κ1) is 23.3. The molecule has 0 spiro atoms. The van der Waals surface area contributed by atoms with Crippen LogP contribution in [0, 0.1) is 0 Å². The van der Waals surface area contributed by atoms with Crippen molar-refractivity contribution >= 4 is 28.5 Å². The van der Waals surface area contributed by atoms with Crippen LogP contribution in [-0.2, 0) is 22.5 Å². The molecule has 1 aromatic heterocycles.